The summed E-state index contributed by atoms with van der Waals surface area (Å²) in [7, 11) is 0. The fraction of sp³-hybridized carbons (Fsp3) is 0.719. The molecule has 0 radical (unpaired) electrons. The average molecular weight is 517 g/mol. The minimum absolute atomic E-state index is 0.00173. The lowest BCUT2D eigenvalue weighted by atomic mass is 9.60. The second-order valence-electron chi connectivity index (χ2n) is 12.0. The van der Waals surface area contributed by atoms with Crippen LogP contribution in [0.4, 0.5) is 8.78 Å². The monoisotopic (exact) mass is 516 g/mol. The number of halogens is 2. The van der Waals surface area contributed by atoms with E-state index in [9.17, 15) is 13.6 Å². The fourth-order valence-electron chi connectivity index (χ4n) is 7.47. The molecule has 0 bridgehead atoms. The largest absolute Gasteiger partial charge is 0.483 e. The number of benzene rings is 1. The third kappa shape index (κ3) is 7.57. The first-order chi connectivity index (χ1) is 18.0. The Hall–Kier alpha value is -1.91. The number of carbonyl (C=O) groups excluding carboxylic acids is 1. The second kappa shape index (κ2) is 13.8. The molecule has 1 aromatic rings. The summed E-state index contributed by atoms with van der Waals surface area (Å²) in [4.78, 5) is 12.7. The van der Waals surface area contributed by atoms with Gasteiger partial charge < -0.3 is 9.47 Å². The van der Waals surface area contributed by atoms with Crippen molar-refractivity contribution in [2.45, 2.75) is 103 Å². The number of unbranched alkanes of at least 4 members (excludes halogenated alkanes) is 3. The first kappa shape index (κ1) is 28.1. The molecular weight excluding hydrogens is 470 g/mol. The number of hydrogen-bond donors (Lipinski definition) is 0. The van der Waals surface area contributed by atoms with Crippen LogP contribution in [0.2, 0.25) is 0 Å². The summed E-state index contributed by atoms with van der Waals surface area (Å²) in [5.41, 5.74) is 0. The summed E-state index contributed by atoms with van der Waals surface area (Å²) in [6.07, 6.45) is 20.6. The van der Waals surface area contributed by atoms with Gasteiger partial charge in [0.2, 0.25) is 0 Å². The number of ether oxygens (including phenoxy) is 2. The molecule has 4 unspecified atom stereocenters. The lowest BCUT2D eigenvalue weighted by molar-refractivity contribution is -0.140. The van der Waals surface area contributed by atoms with Gasteiger partial charge in [0.05, 0.1) is 5.92 Å². The van der Waals surface area contributed by atoms with E-state index in [4.69, 9.17) is 9.47 Å². The molecule has 206 valence electrons. The van der Waals surface area contributed by atoms with Crippen molar-refractivity contribution in [3.63, 3.8) is 0 Å². The molecular formula is C32H46F2O3. The molecule has 0 amide bonds. The number of rotatable bonds is 11. The minimum atomic E-state index is -0.880. The zero-order valence-electron chi connectivity index (χ0n) is 22.7. The Bertz CT molecular complexity index is 869. The van der Waals surface area contributed by atoms with Gasteiger partial charge in [-0.1, -0.05) is 58.1 Å². The quantitative estimate of drug-likeness (QED) is 0.127. The van der Waals surface area contributed by atoms with Gasteiger partial charge in [-0.15, -0.1) is 0 Å². The van der Waals surface area contributed by atoms with Crippen LogP contribution in [0.1, 0.15) is 103 Å². The van der Waals surface area contributed by atoms with E-state index >= 15 is 0 Å². The minimum Gasteiger partial charge on any atom is -0.483 e. The van der Waals surface area contributed by atoms with E-state index in [-0.39, 0.29) is 24.2 Å². The molecule has 1 aromatic carbocycles. The molecule has 4 rings (SSSR count). The van der Waals surface area contributed by atoms with E-state index in [1.807, 2.05) is 0 Å². The van der Waals surface area contributed by atoms with Gasteiger partial charge in [0.1, 0.15) is 12.4 Å². The third-order valence-corrected chi connectivity index (χ3v) is 9.54. The molecule has 4 atom stereocenters. The van der Waals surface area contributed by atoms with E-state index in [0.717, 1.165) is 61.5 Å². The Balaban J connectivity index is 1.20. The highest BCUT2D eigenvalue weighted by molar-refractivity contribution is 5.75. The van der Waals surface area contributed by atoms with Crippen LogP contribution < -0.4 is 9.47 Å². The van der Waals surface area contributed by atoms with Crippen molar-refractivity contribution in [3.8, 4) is 11.5 Å². The summed E-state index contributed by atoms with van der Waals surface area (Å²) < 4.78 is 38.8. The van der Waals surface area contributed by atoms with Crippen LogP contribution in [0.5, 0.6) is 11.5 Å². The SMILES string of the molecule is C=CCOc1c(F)cc(OC(=O)C2CCC(C3CCC4CC(CCCCCC)CCC4C3)CC2)cc1F. The van der Waals surface area contributed by atoms with Crippen LogP contribution in [0, 0.1) is 47.1 Å². The van der Waals surface area contributed by atoms with E-state index in [0.29, 0.717) is 5.92 Å². The first-order valence-corrected chi connectivity index (χ1v) is 14.9. The van der Waals surface area contributed by atoms with Gasteiger partial charge in [-0.3, -0.25) is 4.79 Å². The second-order valence-corrected chi connectivity index (χ2v) is 12.0. The smallest absolute Gasteiger partial charge is 0.314 e. The van der Waals surface area contributed by atoms with E-state index in [1.165, 1.54) is 76.7 Å². The van der Waals surface area contributed by atoms with Gasteiger partial charge in [-0.05, 0) is 87.4 Å². The van der Waals surface area contributed by atoms with Gasteiger partial charge in [0.25, 0.3) is 0 Å². The van der Waals surface area contributed by atoms with Crippen molar-refractivity contribution in [1.82, 2.24) is 0 Å². The topological polar surface area (TPSA) is 35.5 Å². The Morgan fingerprint density at radius 1 is 0.892 bits per heavy atom. The van der Waals surface area contributed by atoms with Crippen LogP contribution >= 0.6 is 0 Å². The maximum Gasteiger partial charge on any atom is 0.314 e. The van der Waals surface area contributed by atoms with Gasteiger partial charge in [-0.2, -0.15) is 0 Å². The summed E-state index contributed by atoms with van der Waals surface area (Å²) in [6.45, 7) is 5.76. The number of esters is 1. The predicted molar refractivity (Wildman–Crippen MR) is 144 cm³/mol. The molecule has 0 saturated heterocycles. The molecule has 0 spiro atoms. The van der Waals surface area contributed by atoms with Gasteiger partial charge in [0.15, 0.2) is 17.4 Å². The molecule has 0 N–H and O–H groups in total. The molecule has 37 heavy (non-hydrogen) atoms. The zero-order chi connectivity index (χ0) is 26.2. The van der Waals surface area contributed by atoms with Crippen LogP contribution in [-0.2, 0) is 4.79 Å². The normalized spacial score (nSPS) is 29.8. The average Bonchev–Trinajstić information content (AvgIpc) is 2.90. The number of fused-ring (bicyclic) bond motifs is 1. The van der Waals surface area contributed by atoms with E-state index in [2.05, 4.69) is 13.5 Å². The highest BCUT2D eigenvalue weighted by Gasteiger charge is 2.39. The standard InChI is InChI=1S/C32H46F2O3/c1-3-5-6-7-8-22-9-10-27-19-26(16-15-25(27)18-22)23-11-13-24(14-12-23)32(35)37-28-20-29(33)31(30(34)21-28)36-17-4-2/h4,20-27H,2-3,5-19H2,1H3. The van der Waals surface area contributed by atoms with Crippen LogP contribution in [0.3, 0.4) is 0 Å². The molecule has 3 fully saturated rings. The number of carbonyl (C=O) groups is 1. The predicted octanol–water partition coefficient (Wildman–Crippen LogP) is 9.04. The maximum absolute atomic E-state index is 14.2. The van der Waals surface area contributed by atoms with E-state index < -0.39 is 17.4 Å². The van der Waals surface area contributed by atoms with E-state index in [1.54, 1.807) is 0 Å². The van der Waals surface area contributed by atoms with Crippen molar-refractivity contribution in [1.29, 1.82) is 0 Å². The highest BCUT2D eigenvalue weighted by atomic mass is 19.1. The van der Waals surface area contributed by atoms with Crippen molar-refractivity contribution in [2.24, 2.45) is 35.5 Å². The third-order valence-electron chi connectivity index (χ3n) is 9.54. The van der Waals surface area contributed by atoms with Gasteiger partial charge in [-0.25, -0.2) is 8.78 Å². The Morgan fingerprint density at radius 2 is 1.51 bits per heavy atom. The summed E-state index contributed by atoms with van der Waals surface area (Å²) in [5, 5.41) is 0. The Kier molecular flexibility index (Phi) is 10.5. The van der Waals surface area contributed by atoms with Gasteiger partial charge >= 0.3 is 5.97 Å². The molecule has 3 aliphatic rings. The summed E-state index contributed by atoms with van der Waals surface area (Å²) in [6, 6.07) is 2.03. The molecule has 0 aromatic heterocycles. The molecule has 5 heteroatoms. The Morgan fingerprint density at radius 3 is 2.19 bits per heavy atom. The Labute approximate surface area is 222 Å². The molecule has 3 saturated carbocycles. The maximum atomic E-state index is 14.2. The van der Waals surface area contributed by atoms with Crippen molar-refractivity contribution in [3.05, 3.63) is 36.4 Å². The van der Waals surface area contributed by atoms with Crippen molar-refractivity contribution >= 4 is 5.97 Å². The highest BCUT2D eigenvalue weighted by Crippen LogP contribution is 2.49. The van der Waals surface area contributed by atoms with Crippen LogP contribution in [0.15, 0.2) is 24.8 Å². The summed E-state index contributed by atoms with van der Waals surface area (Å²) >= 11 is 0. The van der Waals surface area contributed by atoms with Crippen molar-refractivity contribution < 1.29 is 23.0 Å². The van der Waals surface area contributed by atoms with Crippen LogP contribution in [-0.4, -0.2) is 12.6 Å². The summed E-state index contributed by atoms with van der Waals surface area (Å²) in [5.74, 6) is 1.41. The zero-order valence-corrected chi connectivity index (χ0v) is 22.7. The lowest BCUT2D eigenvalue weighted by Gasteiger charge is -2.45. The first-order valence-electron chi connectivity index (χ1n) is 14.9. The molecule has 0 aliphatic heterocycles. The van der Waals surface area contributed by atoms with Crippen LogP contribution in [0.25, 0.3) is 0 Å². The molecule has 3 aliphatic carbocycles. The van der Waals surface area contributed by atoms with Gasteiger partial charge in [0, 0.05) is 12.1 Å². The lowest BCUT2D eigenvalue weighted by Crippen LogP contribution is -2.35. The molecule has 3 nitrogen and oxygen atoms in total. The number of hydrogen-bond acceptors (Lipinski definition) is 3. The van der Waals surface area contributed by atoms with Crippen molar-refractivity contribution in [2.75, 3.05) is 6.61 Å². The fourth-order valence-corrected chi connectivity index (χ4v) is 7.47. The molecule has 0 heterocycles.